The number of aromatic nitrogens is 1. The molecule has 1 saturated heterocycles. The van der Waals surface area contributed by atoms with Crippen LogP contribution in [-0.4, -0.2) is 40.3 Å². The first-order valence-corrected chi connectivity index (χ1v) is 9.30. The molecule has 0 spiro atoms. The van der Waals surface area contributed by atoms with Gasteiger partial charge in [0.1, 0.15) is 12.4 Å². The number of benzene rings is 1. The third kappa shape index (κ3) is 5.55. The summed E-state index contributed by atoms with van der Waals surface area (Å²) in [6, 6.07) is 11.2. The quantitative estimate of drug-likeness (QED) is 0.427. The zero-order chi connectivity index (χ0) is 19.1. The summed E-state index contributed by atoms with van der Waals surface area (Å²) in [5.74, 6) is 0.472. The Morgan fingerprint density at radius 3 is 2.70 bits per heavy atom. The van der Waals surface area contributed by atoms with Gasteiger partial charge in [-0.1, -0.05) is 29.1 Å². The van der Waals surface area contributed by atoms with Crippen molar-refractivity contribution in [3.63, 3.8) is 0 Å². The Balaban J connectivity index is 1.40. The first-order chi connectivity index (χ1) is 13.1. The fourth-order valence-corrected chi connectivity index (χ4v) is 3.29. The minimum Gasteiger partial charge on any atom is -0.490 e. The summed E-state index contributed by atoms with van der Waals surface area (Å²) in [5.41, 5.74) is 2.63. The average Bonchev–Trinajstić information content (AvgIpc) is 3.00. The second-order valence-electron chi connectivity index (χ2n) is 5.83. The monoisotopic (exact) mass is 385 g/mol. The molecule has 2 heterocycles. The molecule has 0 saturated carbocycles. The first kappa shape index (κ1) is 18.9. The molecule has 0 aliphatic carbocycles. The molecule has 27 heavy (non-hydrogen) atoms. The van der Waals surface area contributed by atoms with Gasteiger partial charge in [-0.25, -0.2) is 0 Å². The Hall–Kier alpha value is -2.87. The predicted octanol–water partition coefficient (Wildman–Crippen LogP) is 2.80. The highest BCUT2D eigenvalue weighted by Crippen LogP contribution is 2.23. The summed E-state index contributed by atoms with van der Waals surface area (Å²) in [6.45, 7) is 2.53. The molecular weight excluding hydrogens is 366 g/mol. The number of pyridine rings is 1. The Kier molecular flexibility index (Phi) is 6.43. The molecule has 1 aromatic carbocycles. The van der Waals surface area contributed by atoms with E-state index in [1.54, 1.807) is 12.4 Å². The van der Waals surface area contributed by atoms with Gasteiger partial charge in [-0.3, -0.25) is 19.9 Å². The van der Waals surface area contributed by atoms with Crippen molar-refractivity contribution in [2.24, 2.45) is 5.16 Å². The Morgan fingerprint density at radius 2 is 2.04 bits per heavy atom. The van der Waals surface area contributed by atoms with Gasteiger partial charge in [0.25, 0.3) is 5.24 Å². The van der Waals surface area contributed by atoms with E-state index in [2.05, 4.69) is 15.5 Å². The van der Waals surface area contributed by atoms with Gasteiger partial charge in [-0.05, 0) is 43.2 Å². The van der Waals surface area contributed by atoms with Gasteiger partial charge >= 0.3 is 0 Å². The van der Waals surface area contributed by atoms with Gasteiger partial charge in [-0.2, -0.15) is 0 Å². The molecule has 1 fully saturated rings. The lowest BCUT2D eigenvalue weighted by atomic mass is 10.1. The highest BCUT2D eigenvalue weighted by molar-refractivity contribution is 8.15. The molecule has 2 aromatic rings. The van der Waals surface area contributed by atoms with E-state index in [1.807, 2.05) is 43.3 Å². The first-order valence-electron chi connectivity index (χ1n) is 8.42. The largest absolute Gasteiger partial charge is 0.490 e. The highest BCUT2D eigenvalue weighted by atomic mass is 32.2. The number of rotatable bonds is 8. The molecule has 3 rings (SSSR count). The van der Waals surface area contributed by atoms with E-state index in [1.165, 1.54) is 0 Å². The van der Waals surface area contributed by atoms with Crippen LogP contribution in [-0.2, 0) is 16.1 Å². The van der Waals surface area contributed by atoms with Crippen molar-refractivity contribution in [3.8, 4) is 5.75 Å². The summed E-state index contributed by atoms with van der Waals surface area (Å²) in [7, 11) is 0. The number of thioether (sulfide) groups is 1. The van der Waals surface area contributed by atoms with Gasteiger partial charge in [-0.15, -0.1) is 0 Å². The molecule has 1 N–H and O–H groups in total. The second-order valence-corrected chi connectivity index (χ2v) is 7.01. The number of carbonyl (C=O) groups excluding carboxylic acids is 2. The van der Waals surface area contributed by atoms with Crippen LogP contribution in [0, 0.1) is 0 Å². The normalized spacial score (nSPS) is 16.9. The van der Waals surface area contributed by atoms with Gasteiger partial charge in [0, 0.05) is 18.0 Å². The van der Waals surface area contributed by atoms with Crippen LogP contribution < -0.4 is 10.1 Å². The van der Waals surface area contributed by atoms with Gasteiger partial charge < -0.3 is 9.57 Å². The molecule has 1 atom stereocenters. The molecule has 1 aliphatic rings. The predicted molar refractivity (Wildman–Crippen MR) is 103 cm³/mol. The average molecular weight is 385 g/mol. The maximum absolute atomic E-state index is 11.6. The molecule has 1 aromatic heterocycles. The van der Waals surface area contributed by atoms with Crippen LogP contribution in [0.4, 0.5) is 4.79 Å². The minimum absolute atomic E-state index is 0.232. The number of nitrogens with one attached hydrogen (secondary N) is 1. The molecule has 1 unspecified atom stereocenters. The number of oxime groups is 1. The summed E-state index contributed by atoms with van der Waals surface area (Å²) in [4.78, 5) is 32.1. The van der Waals surface area contributed by atoms with Crippen LogP contribution in [0.5, 0.6) is 5.75 Å². The fraction of sp³-hybridized carbons (Fsp3) is 0.263. The van der Waals surface area contributed by atoms with Crippen LogP contribution in [0.1, 0.15) is 18.1 Å². The van der Waals surface area contributed by atoms with E-state index in [4.69, 9.17) is 9.57 Å². The standard InChI is InChI=1S/C19H19N3O4S/c1-13(15-3-2-8-20-12-15)22-26-10-9-25-16-6-4-14(5-7-16)11-17-18(23)21-19(24)27-17/h2-8,12,17H,9-11H2,1H3,(H,21,23,24)/b22-13+. The van der Waals surface area contributed by atoms with Crippen molar-refractivity contribution in [1.82, 2.24) is 10.3 Å². The number of amides is 2. The van der Waals surface area contributed by atoms with Crippen molar-refractivity contribution in [2.75, 3.05) is 13.2 Å². The van der Waals surface area contributed by atoms with Crippen molar-refractivity contribution in [1.29, 1.82) is 0 Å². The van der Waals surface area contributed by atoms with E-state index in [0.717, 1.165) is 28.6 Å². The summed E-state index contributed by atoms with van der Waals surface area (Å²) in [6.07, 6.45) is 3.94. The summed E-state index contributed by atoms with van der Waals surface area (Å²) >= 11 is 1.03. The molecular formula is C19H19N3O4S. The molecule has 2 amide bonds. The van der Waals surface area contributed by atoms with Crippen molar-refractivity contribution >= 4 is 28.6 Å². The lowest BCUT2D eigenvalue weighted by Gasteiger charge is -2.08. The zero-order valence-corrected chi connectivity index (χ0v) is 15.6. The van der Waals surface area contributed by atoms with E-state index < -0.39 is 0 Å². The zero-order valence-electron chi connectivity index (χ0n) is 14.8. The Labute approximate surface area is 161 Å². The summed E-state index contributed by atoms with van der Waals surface area (Å²) in [5, 5.41) is 5.68. The van der Waals surface area contributed by atoms with Gasteiger partial charge in [0.15, 0.2) is 6.61 Å². The van der Waals surface area contributed by atoms with Crippen LogP contribution >= 0.6 is 11.8 Å². The van der Waals surface area contributed by atoms with Crippen molar-refractivity contribution in [3.05, 3.63) is 59.9 Å². The maximum Gasteiger partial charge on any atom is 0.286 e. The molecule has 0 bridgehead atoms. The smallest absolute Gasteiger partial charge is 0.286 e. The fourth-order valence-electron chi connectivity index (χ4n) is 2.43. The van der Waals surface area contributed by atoms with E-state index in [-0.39, 0.29) is 16.4 Å². The van der Waals surface area contributed by atoms with Crippen LogP contribution in [0.25, 0.3) is 0 Å². The van der Waals surface area contributed by atoms with Crippen LogP contribution in [0.3, 0.4) is 0 Å². The number of ether oxygens (including phenoxy) is 1. The van der Waals surface area contributed by atoms with Crippen molar-refractivity contribution < 1.29 is 19.2 Å². The van der Waals surface area contributed by atoms with Crippen molar-refractivity contribution in [2.45, 2.75) is 18.6 Å². The van der Waals surface area contributed by atoms with Gasteiger partial charge in [0.05, 0.1) is 11.0 Å². The van der Waals surface area contributed by atoms with Gasteiger partial charge in [0.2, 0.25) is 5.91 Å². The summed E-state index contributed by atoms with van der Waals surface area (Å²) < 4.78 is 5.61. The third-order valence-electron chi connectivity index (χ3n) is 3.84. The topological polar surface area (TPSA) is 89.9 Å². The second kappa shape index (κ2) is 9.18. The number of imide groups is 1. The molecule has 1 aliphatic heterocycles. The van der Waals surface area contributed by atoms with E-state index >= 15 is 0 Å². The van der Waals surface area contributed by atoms with Crippen LogP contribution in [0.2, 0.25) is 0 Å². The molecule has 0 radical (unpaired) electrons. The molecule has 7 nitrogen and oxygen atoms in total. The number of hydrogen-bond donors (Lipinski definition) is 1. The van der Waals surface area contributed by atoms with E-state index in [0.29, 0.717) is 25.4 Å². The number of carbonyl (C=O) groups is 2. The van der Waals surface area contributed by atoms with Crippen LogP contribution in [0.15, 0.2) is 53.9 Å². The lowest BCUT2D eigenvalue weighted by molar-refractivity contribution is -0.118. The Bertz CT molecular complexity index is 825. The lowest BCUT2D eigenvalue weighted by Crippen LogP contribution is -2.25. The molecule has 8 heteroatoms. The SMILES string of the molecule is C/C(=N\OCCOc1ccc(CC2SC(=O)NC2=O)cc1)c1cccnc1. The minimum atomic E-state index is -0.362. The number of nitrogens with zero attached hydrogens (tertiary/aromatic N) is 2. The highest BCUT2D eigenvalue weighted by Gasteiger charge is 2.31. The van der Waals surface area contributed by atoms with E-state index in [9.17, 15) is 9.59 Å². The maximum atomic E-state index is 11.6. The molecule has 140 valence electrons. The Morgan fingerprint density at radius 1 is 1.22 bits per heavy atom. The number of hydrogen-bond acceptors (Lipinski definition) is 7. The third-order valence-corrected chi connectivity index (χ3v) is 4.82.